The van der Waals surface area contributed by atoms with Gasteiger partial charge in [-0.05, 0) is 36.4 Å². The minimum absolute atomic E-state index is 0.592. The highest BCUT2D eigenvalue weighted by Crippen LogP contribution is 2.27. The van der Waals surface area contributed by atoms with Gasteiger partial charge in [-0.1, -0.05) is 48.5 Å². The molecule has 0 radical (unpaired) electrons. The highest BCUT2D eigenvalue weighted by Gasteiger charge is 2.05. The molecular weight excluding hydrogens is 276 g/mol. The Morgan fingerprint density at radius 3 is 1.23 bits per heavy atom. The summed E-state index contributed by atoms with van der Waals surface area (Å²) in [5.74, 6) is 1.18. The highest BCUT2D eigenvalue weighted by molar-refractivity contribution is 5.46. The van der Waals surface area contributed by atoms with Gasteiger partial charge in [-0.25, -0.2) is 11.0 Å². The van der Waals surface area contributed by atoms with Crippen LogP contribution in [0.3, 0.4) is 0 Å². The Kier molecular flexibility index (Phi) is 4.42. The van der Waals surface area contributed by atoms with Crippen LogP contribution in [0.4, 0.5) is 11.4 Å². The van der Waals surface area contributed by atoms with Crippen LogP contribution in [0, 0.1) is 0 Å². The van der Waals surface area contributed by atoms with Crippen molar-refractivity contribution in [2.45, 2.75) is 0 Å². The molecule has 0 aliphatic heterocycles. The van der Waals surface area contributed by atoms with Crippen molar-refractivity contribution < 1.29 is 9.68 Å². The van der Waals surface area contributed by atoms with Crippen LogP contribution in [-0.2, 0) is 0 Å². The van der Waals surface area contributed by atoms with Crippen molar-refractivity contribution in [1.29, 1.82) is 0 Å². The number of anilines is 2. The van der Waals surface area contributed by atoms with Gasteiger partial charge in [0.2, 0.25) is 0 Å². The maximum Gasteiger partial charge on any atom is 0.200 e. The van der Waals surface area contributed by atoms with E-state index in [1.54, 1.807) is 0 Å². The van der Waals surface area contributed by atoms with E-state index in [4.69, 9.17) is 9.68 Å². The number of nitrogens with one attached hydrogen (secondary N) is 2. The standard InChI is InChI=1S/C18H16N2O2/c1-3-9-15(10-4-1)19-21-17-13-7-8-14-18(17)22-20-16-11-5-2-6-12-16/h1-14,19-20H. The zero-order chi connectivity index (χ0) is 15.0. The van der Waals surface area contributed by atoms with E-state index < -0.39 is 0 Å². The monoisotopic (exact) mass is 292 g/mol. The molecule has 3 rings (SSSR count). The van der Waals surface area contributed by atoms with Gasteiger partial charge >= 0.3 is 0 Å². The van der Waals surface area contributed by atoms with Gasteiger partial charge in [0.1, 0.15) is 0 Å². The van der Waals surface area contributed by atoms with Gasteiger partial charge in [-0.15, -0.1) is 0 Å². The minimum atomic E-state index is 0.592. The zero-order valence-corrected chi connectivity index (χ0v) is 11.9. The van der Waals surface area contributed by atoms with Crippen molar-refractivity contribution in [3.8, 4) is 11.5 Å². The summed E-state index contributed by atoms with van der Waals surface area (Å²) in [5.41, 5.74) is 7.52. The van der Waals surface area contributed by atoms with E-state index in [2.05, 4.69) is 11.0 Å². The molecule has 110 valence electrons. The molecule has 0 fully saturated rings. The van der Waals surface area contributed by atoms with Gasteiger partial charge in [0, 0.05) is 0 Å². The number of benzene rings is 3. The summed E-state index contributed by atoms with van der Waals surface area (Å²) in [6, 6.07) is 26.8. The first-order valence-electron chi connectivity index (χ1n) is 6.97. The molecule has 0 amide bonds. The van der Waals surface area contributed by atoms with Gasteiger partial charge in [-0.3, -0.25) is 0 Å². The number of hydrogen-bond acceptors (Lipinski definition) is 4. The molecule has 22 heavy (non-hydrogen) atoms. The number of para-hydroxylation sites is 4. The topological polar surface area (TPSA) is 42.5 Å². The normalized spacial score (nSPS) is 9.82. The van der Waals surface area contributed by atoms with E-state index >= 15 is 0 Å². The Balaban J connectivity index is 1.65. The maximum absolute atomic E-state index is 5.60. The lowest BCUT2D eigenvalue weighted by atomic mass is 10.3. The molecule has 0 saturated heterocycles. The maximum atomic E-state index is 5.60. The molecule has 3 aromatic carbocycles. The predicted octanol–water partition coefficient (Wildman–Crippen LogP) is 4.50. The molecule has 4 heteroatoms. The van der Waals surface area contributed by atoms with E-state index in [0.717, 1.165) is 11.4 Å². The second-order valence-electron chi connectivity index (χ2n) is 4.59. The summed E-state index contributed by atoms with van der Waals surface area (Å²) < 4.78 is 0. The first-order valence-corrected chi connectivity index (χ1v) is 6.97. The quantitative estimate of drug-likeness (QED) is 0.656. The lowest BCUT2D eigenvalue weighted by molar-refractivity contribution is 0.347. The molecule has 0 aliphatic rings. The molecule has 0 heterocycles. The second kappa shape index (κ2) is 7.04. The van der Waals surface area contributed by atoms with Crippen molar-refractivity contribution >= 4 is 11.4 Å². The third-order valence-corrected chi connectivity index (χ3v) is 2.95. The first-order chi connectivity index (χ1) is 10.9. The Morgan fingerprint density at radius 2 is 0.818 bits per heavy atom. The number of hydrogen-bond donors (Lipinski definition) is 2. The molecule has 4 nitrogen and oxygen atoms in total. The summed E-state index contributed by atoms with van der Waals surface area (Å²) in [6.45, 7) is 0. The lowest BCUT2D eigenvalue weighted by Gasteiger charge is -2.13. The van der Waals surface area contributed by atoms with Gasteiger partial charge in [0.15, 0.2) is 11.5 Å². The fourth-order valence-electron chi connectivity index (χ4n) is 1.86. The van der Waals surface area contributed by atoms with Gasteiger partial charge < -0.3 is 9.68 Å². The van der Waals surface area contributed by atoms with Crippen LogP contribution in [0.1, 0.15) is 0 Å². The van der Waals surface area contributed by atoms with Crippen LogP contribution in [0.5, 0.6) is 11.5 Å². The van der Waals surface area contributed by atoms with E-state index in [9.17, 15) is 0 Å². The molecule has 3 aromatic rings. The fourth-order valence-corrected chi connectivity index (χ4v) is 1.86. The highest BCUT2D eigenvalue weighted by atomic mass is 16.7. The van der Waals surface area contributed by atoms with E-state index in [1.165, 1.54) is 0 Å². The predicted molar refractivity (Wildman–Crippen MR) is 87.8 cm³/mol. The average Bonchev–Trinajstić information content (AvgIpc) is 2.61. The lowest BCUT2D eigenvalue weighted by Crippen LogP contribution is -2.09. The molecule has 0 atom stereocenters. The molecule has 0 spiro atoms. The Hall–Kier alpha value is -3.14. The molecule has 0 bridgehead atoms. The smallest absolute Gasteiger partial charge is 0.200 e. The van der Waals surface area contributed by atoms with E-state index in [-0.39, 0.29) is 0 Å². The Morgan fingerprint density at radius 1 is 0.455 bits per heavy atom. The van der Waals surface area contributed by atoms with E-state index in [0.29, 0.717) is 11.5 Å². The summed E-state index contributed by atoms with van der Waals surface area (Å²) >= 11 is 0. The SMILES string of the molecule is c1ccc(NOc2ccccc2ONc2ccccc2)cc1. The molecule has 0 saturated carbocycles. The Bertz CT molecular complexity index is 640. The molecule has 0 unspecified atom stereocenters. The van der Waals surface area contributed by atoms with Crippen LogP contribution in [-0.4, -0.2) is 0 Å². The van der Waals surface area contributed by atoms with Crippen LogP contribution >= 0.6 is 0 Å². The Labute approximate surface area is 129 Å². The van der Waals surface area contributed by atoms with E-state index in [1.807, 2.05) is 84.9 Å². The molecule has 0 aliphatic carbocycles. The zero-order valence-electron chi connectivity index (χ0n) is 11.9. The van der Waals surface area contributed by atoms with Crippen molar-refractivity contribution in [2.75, 3.05) is 11.0 Å². The van der Waals surface area contributed by atoms with Crippen LogP contribution in [0.25, 0.3) is 0 Å². The fraction of sp³-hybridized carbons (Fsp3) is 0. The van der Waals surface area contributed by atoms with Gasteiger partial charge in [0.25, 0.3) is 0 Å². The van der Waals surface area contributed by atoms with Crippen molar-refractivity contribution in [2.24, 2.45) is 0 Å². The first kappa shape index (κ1) is 13.8. The molecule has 0 aromatic heterocycles. The van der Waals surface area contributed by atoms with Crippen LogP contribution < -0.4 is 20.6 Å². The third kappa shape index (κ3) is 3.70. The summed E-state index contributed by atoms with van der Waals surface area (Å²) in [7, 11) is 0. The number of rotatable bonds is 6. The van der Waals surface area contributed by atoms with Crippen molar-refractivity contribution in [3.63, 3.8) is 0 Å². The molecular formula is C18H16N2O2. The second-order valence-corrected chi connectivity index (χ2v) is 4.59. The third-order valence-electron chi connectivity index (χ3n) is 2.95. The summed E-state index contributed by atoms with van der Waals surface area (Å²) in [6.07, 6.45) is 0. The van der Waals surface area contributed by atoms with Crippen molar-refractivity contribution in [1.82, 2.24) is 0 Å². The van der Waals surface area contributed by atoms with Crippen LogP contribution in [0.2, 0.25) is 0 Å². The minimum Gasteiger partial charge on any atom is -0.378 e. The average molecular weight is 292 g/mol. The van der Waals surface area contributed by atoms with Gasteiger partial charge in [0.05, 0.1) is 11.4 Å². The van der Waals surface area contributed by atoms with Crippen molar-refractivity contribution in [3.05, 3.63) is 84.9 Å². The summed E-state index contributed by atoms with van der Waals surface area (Å²) in [4.78, 5) is 11.2. The largest absolute Gasteiger partial charge is 0.378 e. The van der Waals surface area contributed by atoms with Crippen LogP contribution in [0.15, 0.2) is 84.9 Å². The van der Waals surface area contributed by atoms with Gasteiger partial charge in [-0.2, -0.15) is 0 Å². The molecule has 2 N–H and O–H groups in total. The summed E-state index contributed by atoms with van der Waals surface area (Å²) in [5, 5.41) is 0.